The van der Waals surface area contributed by atoms with Gasteiger partial charge in [0.15, 0.2) is 5.75 Å². The lowest BCUT2D eigenvalue weighted by molar-refractivity contribution is -0.0510. The van der Waals surface area contributed by atoms with Gasteiger partial charge in [-0.05, 0) is 43.0 Å². The molecule has 0 unspecified atom stereocenters. The molecule has 0 spiro atoms. The van der Waals surface area contributed by atoms with Crippen LogP contribution in [0.2, 0.25) is 0 Å². The molecule has 8 heteroatoms. The van der Waals surface area contributed by atoms with Gasteiger partial charge in [0.25, 0.3) is 5.56 Å². The lowest BCUT2D eigenvalue weighted by Crippen LogP contribution is -2.20. The van der Waals surface area contributed by atoms with Gasteiger partial charge in [-0.1, -0.05) is 0 Å². The van der Waals surface area contributed by atoms with Crippen molar-refractivity contribution in [1.29, 1.82) is 0 Å². The van der Waals surface area contributed by atoms with Gasteiger partial charge in [-0.2, -0.15) is 8.78 Å². The number of aromatic nitrogens is 1. The molecule has 3 rings (SSSR count). The molecule has 1 aromatic heterocycles. The fraction of sp³-hybridized carbons (Fsp3) is 0.353. The molecule has 1 aliphatic rings. The molecule has 25 heavy (non-hydrogen) atoms. The maximum absolute atomic E-state index is 12.5. The Kier molecular flexibility index (Phi) is 5.29. The maximum Gasteiger partial charge on any atom is 0.387 e. The lowest BCUT2D eigenvalue weighted by Gasteiger charge is -2.14. The number of hydrogen-bond donors (Lipinski definition) is 1. The van der Waals surface area contributed by atoms with Crippen molar-refractivity contribution in [1.82, 2.24) is 4.57 Å². The normalized spacial score (nSPS) is 14.0. The summed E-state index contributed by atoms with van der Waals surface area (Å²) in [7, 11) is 1.46. The highest BCUT2D eigenvalue weighted by Gasteiger charge is 2.23. The Bertz CT molecular complexity index is 821. The van der Waals surface area contributed by atoms with Crippen molar-refractivity contribution in [3.8, 4) is 22.6 Å². The average Bonchev–Trinajstić information content (AvgIpc) is 3.40. The van der Waals surface area contributed by atoms with E-state index in [0.717, 1.165) is 12.8 Å². The third-order valence-corrected chi connectivity index (χ3v) is 4.37. The number of aryl methyl sites for hydroxylation is 1. The summed E-state index contributed by atoms with van der Waals surface area (Å²) in [5, 5.41) is 0. The topological polar surface area (TPSA) is 60.7 Å². The summed E-state index contributed by atoms with van der Waals surface area (Å²) >= 11 is 0.570. The van der Waals surface area contributed by atoms with Gasteiger partial charge in [-0.25, -0.2) is 0 Å². The van der Waals surface area contributed by atoms with Crippen LogP contribution in [0.4, 0.5) is 8.78 Å². The number of halogens is 2. The van der Waals surface area contributed by atoms with Gasteiger partial charge < -0.3 is 18.6 Å². The van der Waals surface area contributed by atoms with Gasteiger partial charge in [-0.15, -0.1) is 0 Å². The van der Waals surface area contributed by atoms with Crippen molar-refractivity contribution in [2.75, 3.05) is 6.61 Å². The number of rotatable bonds is 7. The van der Waals surface area contributed by atoms with Crippen LogP contribution < -0.4 is 15.0 Å². The summed E-state index contributed by atoms with van der Waals surface area (Å²) in [6.07, 6.45) is 3.78. The summed E-state index contributed by atoms with van der Waals surface area (Å²) in [5.41, 5.74) is 0.422. The third kappa shape index (κ3) is 4.32. The fourth-order valence-corrected chi connectivity index (χ4v) is 2.72. The molecule has 1 aromatic carbocycles. The smallest absolute Gasteiger partial charge is 0.387 e. The van der Waals surface area contributed by atoms with E-state index >= 15 is 0 Å². The second kappa shape index (κ2) is 7.45. The number of pyridine rings is 1. The van der Waals surface area contributed by atoms with Crippen molar-refractivity contribution < 1.29 is 22.8 Å². The van der Waals surface area contributed by atoms with E-state index in [0.29, 0.717) is 46.3 Å². The molecule has 0 saturated heterocycles. The fourth-order valence-electron chi connectivity index (χ4n) is 2.42. The summed E-state index contributed by atoms with van der Waals surface area (Å²) in [4.78, 5) is 12.5. The van der Waals surface area contributed by atoms with E-state index in [1.807, 2.05) is 0 Å². The first-order valence-corrected chi connectivity index (χ1v) is 8.49. The molecule has 1 saturated carbocycles. The SMILES string of the molecule is Cn1cc(-c2cc(SO)ccc2OCC2CC2)cc(OC(F)F)c1=O. The van der Waals surface area contributed by atoms with Crippen molar-refractivity contribution in [2.45, 2.75) is 24.3 Å². The Morgan fingerprint density at radius 2 is 2.08 bits per heavy atom. The zero-order valence-corrected chi connectivity index (χ0v) is 14.3. The van der Waals surface area contributed by atoms with Crippen molar-refractivity contribution in [3.63, 3.8) is 0 Å². The van der Waals surface area contributed by atoms with E-state index in [1.54, 1.807) is 18.2 Å². The molecular weight excluding hydrogens is 352 g/mol. The number of nitrogens with zero attached hydrogens (tertiary/aromatic N) is 1. The molecule has 134 valence electrons. The Balaban J connectivity index is 2.03. The number of ether oxygens (including phenoxy) is 2. The van der Waals surface area contributed by atoms with Gasteiger partial charge in [-0.3, -0.25) is 4.79 Å². The summed E-state index contributed by atoms with van der Waals surface area (Å²) in [6.45, 7) is -2.52. The number of alkyl halides is 2. The highest BCUT2D eigenvalue weighted by atomic mass is 32.2. The highest BCUT2D eigenvalue weighted by molar-refractivity contribution is 7.93. The summed E-state index contributed by atoms with van der Waals surface area (Å²) in [6, 6.07) is 6.36. The van der Waals surface area contributed by atoms with Gasteiger partial charge in [0.1, 0.15) is 5.75 Å². The minimum absolute atomic E-state index is 0.440. The molecule has 0 amide bonds. The van der Waals surface area contributed by atoms with Gasteiger partial charge >= 0.3 is 6.61 Å². The van der Waals surface area contributed by atoms with Crippen LogP contribution in [0.1, 0.15) is 12.8 Å². The molecule has 1 heterocycles. The Morgan fingerprint density at radius 1 is 1.32 bits per heavy atom. The molecule has 0 bridgehead atoms. The maximum atomic E-state index is 12.5. The van der Waals surface area contributed by atoms with Gasteiger partial charge in [0.2, 0.25) is 0 Å². The molecule has 0 radical (unpaired) electrons. The van der Waals surface area contributed by atoms with Crippen molar-refractivity contribution in [3.05, 3.63) is 40.8 Å². The van der Waals surface area contributed by atoms with Crippen LogP contribution in [0.25, 0.3) is 11.1 Å². The van der Waals surface area contributed by atoms with Crippen LogP contribution in [0.5, 0.6) is 11.5 Å². The monoisotopic (exact) mass is 369 g/mol. The quantitative estimate of drug-likeness (QED) is 0.748. The summed E-state index contributed by atoms with van der Waals surface area (Å²) < 4.78 is 45.7. The Morgan fingerprint density at radius 3 is 2.72 bits per heavy atom. The van der Waals surface area contributed by atoms with E-state index in [-0.39, 0.29) is 0 Å². The minimum Gasteiger partial charge on any atom is -0.493 e. The van der Waals surface area contributed by atoms with E-state index in [4.69, 9.17) is 4.74 Å². The standard InChI is InChI=1S/C17H17F2NO4S/c1-20-8-11(6-15(16(20)21)24-17(18)19)13-7-12(25-22)4-5-14(13)23-9-10-2-3-10/h4-8,10,17,22H,2-3,9H2,1H3. The highest BCUT2D eigenvalue weighted by Crippen LogP contribution is 2.36. The largest absolute Gasteiger partial charge is 0.493 e. The number of benzene rings is 1. The average molecular weight is 369 g/mol. The zero-order valence-electron chi connectivity index (χ0n) is 13.4. The summed E-state index contributed by atoms with van der Waals surface area (Å²) in [5.74, 6) is 0.661. The first-order valence-electron chi connectivity index (χ1n) is 7.72. The first-order chi connectivity index (χ1) is 12.0. The Labute approximate surface area is 147 Å². The van der Waals surface area contributed by atoms with Crippen LogP contribution in [0, 0.1) is 5.92 Å². The molecule has 1 fully saturated rings. The van der Waals surface area contributed by atoms with Gasteiger partial charge in [0, 0.05) is 41.3 Å². The third-order valence-electron chi connectivity index (χ3n) is 3.91. The zero-order chi connectivity index (χ0) is 18.0. The predicted octanol–water partition coefficient (Wildman–Crippen LogP) is 4.01. The Hall–Kier alpha value is -2.06. The lowest BCUT2D eigenvalue weighted by atomic mass is 10.1. The second-order valence-electron chi connectivity index (χ2n) is 5.89. The van der Waals surface area contributed by atoms with Gasteiger partial charge in [0.05, 0.1) is 6.61 Å². The van der Waals surface area contributed by atoms with Crippen molar-refractivity contribution >= 4 is 12.0 Å². The van der Waals surface area contributed by atoms with E-state index in [1.165, 1.54) is 23.9 Å². The van der Waals surface area contributed by atoms with E-state index in [2.05, 4.69) is 4.74 Å². The molecule has 0 atom stereocenters. The predicted molar refractivity (Wildman–Crippen MR) is 90.5 cm³/mol. The first kappa shape index (κ1) is 17.8. The molecule has 0 aliphatic heterocycles. The molecule has 5 nitrogen and oxygen atoms in total. The molecule has 2 aromatic rings. The van der Waals surface area contributed by atoms with Crippen LogP contribution in [0.3, 0.4) is 0 Å². The number of hydrogen-bond acceptors (Lipinski definition) is 5. The van der Waals surface area contributed by atoms with Crippen molar-refractivity contribution in [2.24, 2.45) is 13.0 Å². The van der Waals surface area contributed by atoms with Crippen LogP contribution in [0.15, 0.2) is 40.2 Å². The van der Waals surface area contributed by atoms with Crippen LogP contribution in [-0.2, 0) is 7.05 Å². The molecule has 1 aliphatic carbocycles. The molecular formula is C17H17F2NO4S. The van der Waals surface area contributed by atoms with Crippen LogP contribution in [-0.4, -0.2) is 22.3 Å². The second-order valence-corrected chi connectivity index (χ2v) is 6.55. The molecule has 1 N–H and O–H groups in total. The van der Waals surface area contributed by atoms with E-state index in [9.17, 15) is 18.1 Å². The van der Waals surface area contributed by atoms with Crippen LogP contribution >= 0.6 is 12.0 Å². The minimum atomic E-state index is -3.09. The van der Waals surface area contributed by atoms with E-state index < -0.39 is 17.9 Å².